The molecule has 13 heteroatoms. The number of benzene rings is 3. The smallest absolute Gasteiger partial charge is 0.411 e. The van der Waals surface area contributed by atoms with Gasteiger partial charge in [-0.1, -0.05) is 12.8 Å². The molecule has 0 radical (unpaired) electrons. The molecule has 1 N–H and O–H groups in total. The molecule has 1 aliphatic heterocycles. The maximum Gasteiger partial charge on any atom is 0.411 e. The molecule has 0 spiro atoms. The number of carbonyl (C=O) groups is 2. The zero-order valence-electron chi connectivity index (χ0n) is 30.9. The van der Waals surface area contributed by atoms with Crippen molar-refractivity contribution in [2.24, 2.45) is 0 Å². The number of nitrogens with one attached hydrogen (secondary N) is 1. The Morgan fingerprint density at radius 2 is 1.58 bits per heavy atom. The van der Waals surface area contributed by atoms with E-state index in [1.807, 2.05) is 0 Å². The van der Waals surface area contributed by atoms with E-state index in [4.69, 9.17) is 14.2 Å². The molecule has 3 aromatic carbocycles. The van der Waals surface area contributed by atoms with Gasteiger partial charge in [0.1, 0.15) is 28.7 Å². The van der Waals surface area contributed by atoms with Crippen LogP contribution >= 0.6 is 0 Å². The second-order valence-electron chi connectivity index (χ2n) is 13.6. The number of hydrogen-bond acceptors (Lipinski definition) is 6. The van der Waals surface area contributed by atoms with Crippen molar-refractivity contribution < 1.29 is 54.0 Å². The summed E-state index contributed by atoms with van der Waals surface area (Å²) in [4.78, 5) is 41.2. The number of unbranched alkanes of at least 4 members (excludes halogenated alkanes) is 4. The highest BCUT2D eigenvalue weighted by Gasteiger charge is 2.25. The number of ether oxygens (including phenoxy) is 3. The summed E-state index contributed by atoms with van der Waals surface area (Å²) in [6.45, 7) is 6.02. The molecule has 53 heavy (non-hydrogen) atoms. The van der Waals surface area contributed by atoms with Gasteiger partial charge in [0.25, 0.3) is 5.91 Å². The zero-order valence-corrected chi connectivity index (χ0v) is 32.5. The Balaban J connectivity index is 0.00000627. The van der Waals surface area contributed by atoms with Crippen molar-refractivity contribution >= 4 is 34.3 Å². The van der Waals surface area contributed by atoms with E-state index in [2.05, 4.69) is 12.4 Å². The van der Waals surface area contributed by atoms with Gasteiger partial charge in [-0.05, 0) is 75.8 Å². The van der Waals surface area contributed by atoms with Gasteiger partial charge < -0.3 is 45.1 Å². The summed E-state index contributed by atoms with van der Waals surface area (Å²) in [6, 6.07) is 12.7. The quantitative estimate of drug-likeness (QED) is 0.133. The molecule has 0 aliphatic carbocycles. The van der Waals surface area contributed by atoms with E-state index in [0.717, 1.165) is 36.3 Å². The normalized spacial score (nSPS) is 13.5. The Morgan fingerprint density at radius 3 is 2.26 bits per heavy atom. The predicted octanol–water partition coefficient (Wildman–Crippen LogP) is 5.09. The lowest BCUT2D eigenvalue weighted by atomic mass is 10.1. The number of rotatable bonds is 15. The molecule has 5 rings (SSSR count). The number of likely N-dealkylation sites (tertiary alicyclic amines) is 1. The van der Waals surface area contributed by atoms with Gasteiger partial charge in [0, 0.05) is 53.8 Å². The van der Waals surface area contributed by atoms with Gasteiger partial charge >= 0.3 is 6.09 Å². The summed E-state index contributed by atoms with van der Waals surface area (Å²) in [6.07, 6.45) is 10.2. The maximum absolute atomic E-state index is 14.2. The third-order valence-corrected chi connectivity index (χ3v) is 9.77. The third-order valence-electron chi connectivity index (χ3n) is 9.77. The number of hydrogen-bond donors (Lipinski definition) is 1. The van der Waals surface area contributed by atoms with Crippen LogP contribution in [0, 0.1) is 11.6 Å². The summed E-state index contributed by atoms with van der Waals surface area (Å²) in [7, 11) is 5.10. The lowest BCUT2D eigenvalue weighted by Gasteiger charge is -2.37. The number of aromatic nitrogens is 1. The summed E-state index contributed by atoms with van der Waals surface area (Å²) < 4.78 is 47.6. The van der Waals surface area contributed by atoms with E-state index < -0.39 is 29.1 Å². The molecule has 1 fully saturated rings. The minimum absolute atomic E-state index is 0. The molecule has 0 saturated carbocycles. The van der Waals surface area contributed by atoms with Crippen LogP contribution in [-0.4, -0.2) is 75.1 Å². The largest absolute Gasteiger partial charge is 1.00 e. The Bertz CT molecular complexity index is 1930. The first kappa shape index (κ1) is 41.3. The number of halogens is 3. The standard InChI is InChI=1S/C40H48F2N4O6.BrH/c1-5-44(31-21-28(41)20-29(42)22-31)39(48)36-27-45(32-23-30(43-40(49)51-4)24-34(25-32)50-3)37-26-33(14-15-35(37)38(36)47)52-19-13-8-6-7-10-16-46(2)17-11-9-12-18-46;/h14-15,20-27H,5-13,16-19H2,1-4H3;1H. The number of anilines is 2. The van der Waals surface area contributed by atoms with Crippen LogP contribution < -0.4 is 42.1 Å². The van der Waals surface area contributed by atoms with Gasteiger partial charge in [-0.25, -0.2) is 13.6 Å². The van der Waals surface area contributed by atoms with Crippen LogP contribution in [0.25, 0.3) is 16.6 Å². The van der Waals surface area contributed by atoms with Crippen molar-refractivity contribution in [3.8, 4) is 17.2 Å². The fourth-order valence-corrected chi connectivity index (χ4v) is 6.94. The topological polar surface area (TPSA) is 99.1 Å². The first-order valence-electron chi connectivity index (χ1n) is 18.0. The first-order valence-corrected chi connectivity index (χ1v) is 18.0. The van der Waals surface area contributed by atoms with Gasteiger partial charge in [-0.2, -0.15) is 0 Å². The predicted molar refractivity (Wildman–Crippen MR) is 199 cm³/mol. The minimum atomic E-state index is -0.852. The number of nitrogens with zero attached hydrogens (tertiary/aromatic N) is 3. The molecule has 2 amide bonds. The van der Waals surface area contributed by atoms with Crippen LogP contribution in [0.3, 0.4) is 0 Å². The lowest BCUT2D eigenvalue weighted by Crippen LogP contribution is -3.00. The molecular formula is C40H49BrF2N4O6. The Labute approximate surface area is 320 Å². The maximum atomic E-state index is 14.2. The number of fused-ring (bicyclic) bond motifs is 1. The van der Waals surface area contributed by atoms with Gasteiger partial charge in [0.2, 0.25) is 5.43 Å². The van der Waals surface area contributed by atoms with Crippen LogP contribution in [0.1, 0.15) is 68.6 Å². The van der Waals surface area contributed by atoms with Crippen LogP contribution in [0.15, 0.2) is 65.6 Å². The molecule has 1 aromatic heterocycles. The summed E-state index contributed by atoms with van der Waals surface area (Å²) >= 11 is 0. The van der Waals surface area contributed by atoms with E-state index in [1.165, 1.54) is 76.6 Å². The van der Waals surface area contributed by atoms with Crippen LogP contribution in [0.2, 0.25) is 0 Å². The van der Waals surface area contributed by atoms with E-state index in [1.54, 1.807) is 47.9 Å². The number of pyridine rings is 1. The Kier molecular flexibility index (Phi) is 14.8. The molecule has 1 aliphatic rings. The summed E-state index contributed by atoms with van der Waals surface area (Å²) in [5.41, 5.74) is 0.408. The number of amides is 2. The second kappa shape index (κ2) is 19.0. The summed E-state index contributed by atoms with van der Waals surface area (Å²) in [5, 5.41) is 2.84. The number of quaternary nitrogens is 1. The van der Waals surface area contributed by atoms with Crippen molar-refractivity contribution in [1.82, 2.24) is 4.57 Å². The van der Waals surface area contributed by atoms with Gasteiger partial charge in [0.05, 0.1) is 58.7 Å². The summed E-state index contributed by atoms with van der Waals surface area (Å²) in [5.74, 6) is -1.52. The molecule has 2 heterocycles. The van der Waals surface area contributed by atoms with Crippen molar-refractivity contribution in [1.29, 1.82) is 0 Å². The Morgan fingerprint density at radius 1 is 0.887 bits per heavy atom. The lowest BCUT2D eigenvalue weighted by molar-refractivity contribution is -0.914. The zero-order chi connectivity index (χ0) is 37.3. The highest BCUT2D eigenvalue weighted by atomic mass is 79.9. The van der Waals surface area contributed by atoms with Crippen LogP contribution in [0.5, 0.6) is 11.5 Å². The number of piperidine rings is 1. The highest BCUT2D eigenvalue weighted by molar-refractivity contribution is 6.07. The van der Waals surface area contributed by atoms with E-state index in [0.29, 0.717) is 41.1 Å². The van der Waals surface area contributed by atoms with Crippen molar-refractivity contribution in [2.45, 2.75) is 58.3 Å². The fourth-order valence-electron chi connectivity index (χ4n) is 6.94. The molecule has 1 saturated heterocycles. The second-order valence-corrected chi connectivity index (χ2v) is 13.6. The highest BCUT2D eigenvalue weighted by Crippen LogP contribution is 2.29. The third kappa shape index (κ3) is 10.6. The molecular weight excluding hydrogens is 750 g/mol. The van der Waals surface area contributed by atoms with E-state index in [9.17, 15) is 23.2 Å². The SMILES string of the molecule is CCN(C(=O)c1cn(-c2cc(NC(=O)OC)cc(OC)c2)c2cc(OCCCCCCC[N+]3(C)CCCCC3)ccc2c1=O)c1cc(F)cc(F)c1.[Br-]. The number of methoxy groups -OCH3 is 2. The fraction of sp³-hybridized carbons (Fsp3) is 0.425. The average molecular weight is 800 g/mol. The van der Waals surface area contributed by atoms with E-state index in [-0.39, 0.29) is 40.2 Å². The first-order chi connectivity index (χ1) is 25.0. The minimum Gasteiger partial charge on any atom is -1.00 e. The molecule has 0 bridgehead atoms. The van der Waals surface area contributed by atoms with Crippen LogP contribution in [-0.2, 0) is 4.74 Å². The average Bonchev–Trinajstić information content (AvgIpc) is 3.12. The monoisotopic (exact) mass is 798 g/mol. The molecule has 0 atom stereocenters. The van der Waals surface area contributed by atoms with Crippen molar-refractivity contribution in [3.63, 3.8) is 0 Å². The van der Waals surface area contributed by atoms with Gasteiger partial charge in [-0.3, -0.25) is 14.9 Å². The van der Waals surface area contributed by atoms with Crippen molar-refractivity contribution in [2.75, 3.05) is 64.3 Å². The molecule has 4 aromatic rings. The van der Waals surface area contributed by atoms with Crippen molar-refractivity contribution in [3.05, 3.63) is 88.2 Å². The van der Waals surface area contributed by atoms with Gasteiger partial charge in [0.15, 0.2) is 0 Å². The van der Waals surface area contributed by atoms with E-state index >= 15 is 0 Å². The molecule has 10 nitrogen and oxygen atoms in total. The molecule has 0 unspecified atom stereocenters. The van der Waals surface area contributed by atoms with Crippen LogP contribution in [0.4, 0.5) is 25.0 Å². The van der Waals surface area contributed by atoms with Gasteiger partial charge in [-0.15, -0.1) is 0 Å². The number of carbonyl (C=O) groups excluding carboxylic acids is 2. The Hall–Kier alpha value is -4.49. The molecule has 286 valence electrons.